The smallest absolute Gasteiger partial charge is 0.247 e. The molecule has 0 saturated heterocycles. The van der Waals surface area contributed by atoms with E-state index in [1.54, 1.807) is 16.9 Å². The van der Waals surface area contributed by atoms with Crippen molar-refractivity contribution in [3.63, 3.8) is 0 Å². The molecule has 1 N–H and O–H groups in total. The molecule has 1 aromatic carbocycles. The molecule has 0 fully saturated rings. The molecule has 0 unspecified atom stereocenters. The van der Waals surface area contributed by atoms with Crippen LogP contribution < -0.4 is 10.2 Å². The van der Waals surface area contributed by atoms with Crippen LogP contribution in [0.15, 0.2) is 36.7 Å². The molecule has 1 aliphatic rings. The first-order valence-electron chi connectivity index (χ1n) is 10.6. The number of carbonyl (C=O) groups is 1. The van der Waals surface area contributed by atoms with Crippen LogP contribution in [0.5, 0.6) is 0 Å². The van der Waals surface area contributed by atoms with Crippen LogP contribution >= 0.6 is 13.5 Å². The summed E-state index contributed by atoms with van der Waals surface area (Å²) >= 11 is 0. The molecule has 0 radical (unpaired) electrons. The van der Waals surface area contributed by atoms with Gasteiger partial charge >= 0.3 is 0 Å². The number of carbonyl (C=O) groups excluding carboxylic acids is 1. The summed E-state index contributed by atoms with van der Waals surface area (Å²) in [5.41, 5.74) is 5.64. The number of anilines is 2. The average molecular weight is 467 g/mol. The summed E-state index contributed by atoms with van der Waals surface area (Å²) in [6.07, 6.45) is 5.97. The largest absolute Gasteiger partial charge is 0.361 e. The fraction of sp³-hybridized carbons (Fsp3) is 0.333. The van der Waals surface area contributed by atoms with Crippen molar-refractivity contribution in [2.75, 3.05) is 17.3 Å². The van der Waals surface area contributed by atoms with Gasteiger partial charge in [-0.15, -0.1) is 0 Å². The fourth-order valence-corrected chi connectivity index (χ4v) is 4.15. The minimum absolute atomic E-state index is 0. The minimum atomic E-state index is -0.422. The molecule has 1 atom stereocenters. The van der Waals surface area contributed by atoms with Crippen molar-refractivity contribution in [2.45, 2.75) is 45.7 Å². The molecule has 0 bridgehead atoms. The second kappa shape index (κ2) is 10.0. The molecular weight excluding hydrogens is 439 g/mol. The van der Waals surface area contributed by atoms with Gasteiger partial charge < -0.3 is 10.2 Å². The van der Waals surface area contributed by atoms with Crippen molar-refractivity contribution in [3.05, 3.63) is 70.6 Å². The summed E-state index contributed by atoms with van der Waals surface area (Å²) in [7, 11) is 1.95. The van der Waals surface area contributed by atoms with E-state index in [-0.39, 0.29) is 25.4 Å². The Kier molecular flexibility index (Phi) is 7.39. The van der Waals surface area contributed by atoms with Gasteiger partial charge in [0.15, 0.2) is 0 Å². The van der Waals surface area contributed by atoms with Gasteiger partial charge in [0.2, 0.25) is 5.91 Å². The topological polar surface area (TPSA) is 86.8 Å². The van der Waals surface area contributed by atoms with E-state index in [9.17, 15) is 14.4 Å². The quantitative estimate of drug-likeness (QED) is 0.599. The van der Waals surface area contributed by atoms with Gasteiger partial charge in [0, 0.05) is 18.9 Å². The van der Waals surface area contributed by atoms with Gasteiger partial charge in [0.1, 0.15) is 11.9 Å². The normalized spacial score (nSPS) is 14.8. The van der Waals surface area contributed by atoms with E-state index < -0.39 is 5.82 Å². The zero-order chi connectivity index (χ0) is 22.8. The highest BCUT2D eigenvalue weighted by Crippen LogP contribution is 2.34. The van der Waals surface area contributed by atoms with Gasteiger partial charge in [-0.3, -0.25) is 14.5 Å². The van der Waals surface area contributed by atoms with Crippen LogP contribution in [0.2, 0.25) is 0 Å². The van der Waals surface area contributed by atoms with E-state index in [1.165, 1.54) is 12.1 Å². The molecule has 3 aromatic rings. The number of nitriles is 1. The van der Waals surface area contributed by atoms with E-state index in [0.717, 1.165) is 53.2 Å². The average Bonchev–Trinajstić information content (AvgIpc) is 3.22. The molecule has 0 aliphatic carbocycles. The van der Waals surface area contributed by atoms with Crippen molar-refractivity contribution in [1.82, 2.24) is 14.8 Å². The first-order chi connectivity index (χ1) is 15.4. The molecule has 7 nitrogen and oxygen atoms in total. The third-order valence-corrected chi connectivity index (χ3v) is 5.90. The summed E-state index contributed by atoms with van der Waals surface area (Å²) in [6.45, 7) is 4.32. The van der Waals surface area contributed by atoms with Gasteiger partial charge in [0.25, 0.3) is 0 Å². The summed E-state index contributed by atoms with van der Waals surface area (Å²) < 4.78 is 15.1. The molecule has 0 spiro atoms. The summed E-state index contributed by atoms with van der Waals surface area (Å²) in [6, 6.07) is 8.12. The van der Waals surface area contributed by atoms with E-state index in [2.05, 4.69) is 15.4 Å². The first kappa shape index (κ1) is 24.3. The number of nitrogens with zero attached hydrogens (tertiary/aromatic N) is 5. The second-order valence-electron chi connectivity index (χ2n) is 8.08. The highest BCUT2D eigenvalue weighted by Gasteiger charge is 2.30. The molecular formula is C24H27FN6OS. The Morgan fingerprint density at radius 1 is 1.27 bits per heavy atom. The van der Waals surface area contributed by atoms with Crippen LogP contribution in [0, 0.1) is 24.1 Å². The highest BCUT2D eigenvalue weighted by molar-refractivity contribution is 7.59. The van der Waals surface area contributed by atoms with Crippen LogP contribution in [-0.4, -0.2) is 33.8 Å². The van der Waals surface area contributed by atoms with Gasteiger partial charge in [-0.2, -0.15) is 23.9 Å². The van der Waals surface area contributed by atoms with Gasteiger partial charge in [-0.1, -0.05) is 13.0 Å². The Morgan fingerprint density at radius 2 is 2.06 bits per heavy atom. The summed E-state index contributed by atoms with van der Waals surface area (Å²) in [5, 5.41) is 16.6. The maximum atomic E-state index is 13.4. The summed E-state index contributed by atoms with van der Waals surface area (Å²) in [5.74, 6) is -0.414. The molecule has 3 heterocycles. The Labute approximate surface area is 199 Å². The lowest BCUT2D eigenvalue weighted by atomic mass is 10.0. The number of hydrogen-bond acceptors (Lipinski definition) is 5. The molecule has 4 rings (SSSR count). The number of benzene rings is 1. The zero-order valence-electron chi connectivity index (χ0n) is 18.9. The minimum Gasteiger partial charge on any atom is -0.361 e. The highest BCUT2D eigenvalue weighted by atomic mass is 32.1. The predicted molar refractivity (Wildman–Crippen MR) is 130 cm³/mol. The molecule has 2 aromatic heterocycles. The number of likely N-dealkylation sites (N-methyl/N-ethyl adjacent to an activating group) is 1. The molecule has 172 valence electrons. The molecule has 1 aliphatic heterocycles. The lowest BCUT2D eigenvalue weighted by Crippen LogP contribution is -2.46. The fourth-order valence-electron chi connectivity index (χ4n) is 4.15. The molecule has 0 saturated carbocycles. The number of halogens is 1. The van der Waals surface area contributed by atoms with E-state index in [0.29, 0.717) is 12.1 Å². The van der Waals surface area contributed by atoms with E-state index >= 15 is 0 Å². The number of hydrogen-bond donors (Lipinski definition) is 1. The Bertz CT molecular complexity index is 1220. The Hall–Kier alpha value is -3.38. The lowest BCUT2D eigenvalue weighted by Gasteiger charge is -2.35. The molecule has 33 heavy (non-hydrogen) atoms. The van der Waals surface area contributed by atoms with Crippen LogP contribution in [0.3, 0.4) is 0 Å². The van der Waals surface area contributed by atoms with Crippen molar-refractivity contribution in [2.24, 2.45) is 0 Å². The van der Waals surface area contributed by atoms with Crippen LogP contribution in [0.1, 0.15) is 41.4 Å². The number of fused-ring (bicyclic) bond motifs is 1. The third-order valence-electron chi connectivity index (χ3n) is 5.90. The standard InChI is InChI=1S/C24H25FN6O.H2S/c1-4-21-24(32)29-23-15(2)28-20(10-22(23)30(21)3)8-5-16-12-27-31(13-16)14-17-6-7-19(25)9-18(17)11-26;/h6-7,9-10,12-13,21H,4-5,8,14H2,1-3H3,(H,29,32);1H2/t21-;/m0./s1. The van der Waals surface area contributed by atoms with Gasteiger partial charge in [0.05, 0.1) is 41.4 Å². The third kappa shape index (κ3) is 5.01. The van der Waals surface area contributed by atoms with Gasteiger partial charge in [-0.25, -0.2) is 4.39 Å². The number of pyridine rings is 1. The van der Waals surface area contributed by atoms with Crippen LogP contribution in [-0.2, 0) is 24.2 Å². The number of aromatic nitrogens is 3. The van der Waals surface area contributed by atoms with E-state index in [1.807, 2.05) is 44.1 Å². The lowest BCUT2D eigenvalue weighted by molar-refractivity contribution is -0.117. The number of aryl methyl sites for hydroxylation is 3. The predicted octanol–water partition coefficient (Wildman–Crippen LogP) is 3.71. The Balaban J connectivity index is 0.00000306. The van der Waals surface area contributed by atoms with Crippen LogP contribution in [0.25, 0.3) is 0 Å². The van der Waals surface area contributed by atoms with E-state index in [4.69, 9.17) is 0 Å². The zero-order valence-corrected chi connectivity index (χ0v) is 19.9. The number of nitrogens with one attached hydrogen (secondary N) is 1. The number of rotatable bonds is 6. The van der Waals surface area contributed by atoms with Crippen molar-refractivity contribution >= 4 is 30.8 Å². The monoisotopic (exact) mass is 466 g/mol. The SMILES string of the molecule is CC[C@H]1C(=O)Nc2c(cc(CCc3cnn(Cc4ccc(F)cc4C#N)c3)nc2C)N1C.S. The van der Waals surface area contributed by atoms with Crippen molar-refractivity contribution < 1.29 is 9.18 Å². The molecule has 9 heteroatoms. The maximum absolute atomic E-state index is 13.4. The second-order valence-corrected chi connectivity index (χ2v) is 8.08. The first-order valence-corrected chi connectivity index (χ1v) is 10.6. The number of amides is 1. The Morgan fingerprint density at radius 3 is 2.79 bits per heavy atom. The van der Waals surface area contributed by atoms with Gasteiger partial charge in [-0.05, 0) is 55.5 Å². The molecule has 1 amide bonds. The van der Waals surface area contributed by atoms with Crippen molar-refractivity contribution in [3.8, 4) is 6.07 Å². The van der Waals surface area contributed by atoms with Crippen LogP contribution in [0.4, 0.5) is 15.8 Å². The summed E-state index contributed by atoms with van der Waals surface area (Å²) in [4.78, 5) is 19.0. The maximum Gasteiger partial charge on any atom is 0.247 e. The van der Waals surface area contributed by atoms with Crippen molar-refractivity contribution in [1.29, 1.82) is 5.26 Å².